The van der Waals surface area contributed by atoms with Crippen molar-refractivity contribution in [3.05, 3.63) is 59.9 Å². The molecule has 2 heterocycles. The van der Waals surface area contributed by atoms with Crippen LogP contribution >= 0.6 is 0 Å². The van der Waals surface area contributed by atoms with Gasteiger partial charge in [-0.1, -0.05) is 42.5 Å². The second kappa shape index (κ2) is 10.8. The van der Waals surface area contributed by atoms with Crippen molar-refractivity contribution in [2.75, 3.05) is 37.4 Å². The summed E-state index contributed by atoms with van der Waals surface area (Å²) in [5.74, 6) is 0.368. The summed E-state index contributed by atoms with van der Waals surface area (Å²) in [6, 6.07) is 9.57. The standard InChI is InChI=1S/C23H30N4O4S/c1-18(8-9-19-6-4-3-5-7-19)27(32(2,30)31)16-20-10-12-26(13-11-20)23-24-14-21(15-25-23)22(29)17-28/h3-9,14-15,18,20,28H,10-13,16-17H2,1-2H3/b9-8+. The summed E-state index contributed by atoms with van der Waals surface area (Å²) in [5, 5.41) is 8.93. The van der Waals surface area contributed by atoms with Crippen LogP contribution in [0.5, 0.6) is 0 Å². The lowest BCUT2D eigenvalue weighted by Crippen LogP contribution is -2.44. The maximum Gasteiger partial charge on any atom is 0.225 e. The van der Waals surface area contributed by atoms with E-state index in [0.717, 1.165) is 18.4 Å². The topological polar surface area (TPSA) is 104 Å². The van der Waals surface area contributed by atoms with E-state index in [1.807, 2.05) is 54.3 Å². The molecule has 0 saturated carbocycles. The number of benzene rings is 1. The van der Waals surface area contributed by atoms with Crippen LogP contribution in [-0.2, 0) is 10.0 Å². The molecule has 2 aromatic rings. The molecule has 0 amide bonds. The van der Waals surface area contributed by atoms with Gasteiger partial charge in [-0.05, 0) is 31.2 Å². The molecule has 1 saturated heterocycles. The largest absolute Gasteiger partial charge is 0.388 e. The van der Waals surface area contributed by atoms with E-state index in [9.17, 15) is 13.2 Å². The molecule has 3 rings (SSSR count). The number of carbonyl (C=O) groups is 1. The summed E-state index contributed by atoms with van der Waals surface area (Å²) in [6.45, 7) is 3.23. The minimum absolute atomic E-state index is 0.240. The first-order valence-corrected chi connectivity index (χ1v) is 12.5. The number of hydrogen-bond acceptors (Lipinski definition) is 7. The summed E-state index contributed by atoms with van der Waals surface area (Å²) in [5.41, 5.74) is 1.32. The van der Waals surface area contributed by atoms with Crippen molar-refractivity contribution in [2.45, 2.75) is 25.8 Å². The van der Waals surface area contributed by atoms with E-state index < -0.39 is 22.4 Å². The highest BCUT2D eigenvalue weighted by Crippen LogP contribution is 2.23. The Morgan fingerprint density at radius 2 is 1.84 bits per heavy atom. The summed E-state index contributed by atoms with van der Waals surface area (Å²) in [6.07, 6.45) is 9.64. The first kappa shape index (κ1) is 24.0. The lowest BCUT2D eigenvalue weighted by Gasteiger charge is -2.35. The Hall–Kier alpha value is -2.62. The fraction of sp³-hybridized carbons (Fsp3) is 0.435. The predicted octanol–water partition coefficient (Wildman–Crippen LogP) is 2.23. The minimum Gasteiger partial charge on any atom is -0.388 e. The van der Waals surface area contributed by atoms with Gasteiger partial charge in [0.1, 0.15) is 6.61 Å². The van der Waals surface area contributed by atoms with E-state index in [1.54, 1.807) is 4.31 Å². The molecule has 32 heavy (non-hydrogen) atoms. The summed E-state index contributed by atoms with van der Waals surface area (Å²) >= 11 is 0. The Morgan fingerprint density at radius 1 is 1.22 bits per heavy atom. The van der Waals surface area contributed by atoms with Crippen LogP contribution in [0.4, 0.5) is 5.95 Å². The molecule has 172 valence electrons. The SMILES string of the molecule is CC(/C=C/c1ccccc1)N(CC1CCN(c2ncc(C(=O)CO)cn2)CC1)S(C)(=O)=O. The van der Waals surface area contributed by atoms with Crippen LogP contribution < -0.4 is 4.90 Å². The minimum atomic E-state index is -3.36. The van der Waals surface area contributed by atoms with Crippen molar-refractivity contribution in [1.82, 2.24) is 14.3 Å². The van der Waals surface area contributed by atoms with E-state index in [2.05, 4.69) is 9.97 Å². The van der Waals surface area contributed by atoms with E-state index in [4.69, 9.17) is 5.11 Å². The number of ketones is 1. The number of aliphatic hydroxyl groups is 1. The molecule has 0 spiro atoms. The van der Waals surface area contributed by atoms with E-state index in [-0.39, 0.29) is 17.5 Å². The van der Waals surface area contributed by atoms with Crippen LogP contribution in [0.2, 0.25) is 0 Å². The molecular formula is C23H30N4O4S. The Bertz CT molecular complexity index is 1020. The van der Waals surface area contributed by atoms with Crippen LogP contribution in [0.15, 0.2) is 48.8 Å². The van der Waals surface area contributed by atoms with E-state index in [1.165, 1.54) is 18.6 Å². The van der Waals surface area contributed by atoms with Crippen LogP contribution in [0, 0.1) is 5.92 Å². The average molecular weight is 459 g/mol. The zero-order valence-corrected chi connectivity index (χ0v) is 19.3. The van der Waals surface area contributed by atoms with Gasteiger partial charge in [-0.2, -0.15) is 4.31 Å². The van der Waals surface area contributed by atoms with Crippen LogP contribution in [0.25, 0.3) is 6.08 Å². The molecule has 9 heteroatoms. The number of hydrogen-bond donors (Lipinski definition) is 1. The normalized spacial score (nSPS) is 16.6. The molecule has 8 nitrogen and oxygen atoms in total. The Kier molecular flexibility index (Phi) is 8.11. The molecule has 1 fully saturated rings. The lowest BCUT2D eigenvalue weighted by molar-refractivity contribution is 0.0903. The van der Waals surface area contributed by atoms with E-state index >= 15 is 0 Å². The molecule has 1 atom stereocenters. The highest BCUT2D eigenvalue weighted by molar-refractivity contribution is 7.88. The van der Waals surface area contributed by atoms with Gasteiger partial charge in [0.15, 0.2) is 5.78 Å². The van der Waals surface area contributed by atoms with Crippen LogP contribution in [0.3, 0.4) is 0 Å². The Balaban J connectivity index is 1.59. The first-order valence-electron chi connectivity index (χ1n) is 10.7. The van der Waals surface area contributed by atoms with Gasteiger partial charge in [0, 0.05) is 38.1 Å². The molecule has 1 aliphatic rings. The van der Waals surface area contributed by atoms with Crippen LogP contribution in [-0.4, -0.2) is 72.1 Å². The third kappa shape index (κ3) is 6.44. The summed E-state index contributed by atoms with van der Waals surface area (Å²) in [4.78, 5) is 22.0. The number of anilines is 1. The Labute approximate surface area is 189 Å². The third-order valence-electron chi connectivity index (χ3n) is 5.69. The number of rotatable bonds is 9. The quantitative estimate of drug-likeness (QED) is 0.575. The fourth-order valence-corrected chi connectivity index (χ4v) is 4.96. The van der Waals surface area contributed by atoms with Gasteiger partial charge in [-0.15, -0.1) is 0 Å². The van der Waals surface area contributed by atoms with Crippen molar-refractivity contribution in [3.63, 3.8) is 0 Å². The zero-order valence-electron chi connectivity index (χ0n) is 18.5. The molecule has 0 radical (unpaired) electrons. The smallest absolute Gasteiger partial charge is 0.225 e. The number of piperidine rings is 1. The summed E-state index contributed by atoms with van der Waals surface area (Å²) < 4.78 is 26.5. The average Bonchev–Trinajstić information content (AvgIpc) is 2.81. The molecule has 1 N–H and O–H groups in total. The number of carbonyl (C=O) groups excluding carboxylic acids is 1. The van der Waals surface area contributed by atoms with Gasteiger partial charge in [-0.3, -0.25) is 4.79 Å². The number of aromatic nitrogens is 2. The number of aliphatic hydroxyl groups excluding tert-OH is 1. The molecule has 1 aliphatic heterocycles. The van der Waals surface area contributed by atoms with Gasteiger partial charge in [0.05, 0.1) is 11.8 Å². The molecule has 1 aromatic heterocycles. The van der Waals surface area contributed by atoms with Gasteiger partial charge in [0.25, 0.3) is 0 Å². The zero-order chi connectivity index (χ0) is 23.1. The van der Waals surface area contributed by atoms with Crippen LogP contribution in [0.1, 0.15) is 35.7 Å². The van der Waals surface area contributed by atoms with Gasteiger partial charge < -0.3 is 10.0 Å². The fourth-order valence-electron chi connectivity index (χ4n) is 3.80. The molecule has 1 unspecified atom stereocenters. The monoisotopic (exact) mass is 458 g/mol. The Morgan fingerprint density at radius 3 is 2.41 bits per heavy atom. The third-order valence-corrected chi connectivity index (χ3v) is 7.02. The maximum atomic E-state index is 12.5. The molecule has 1 aromatic carbocycles. The van der Waals surface area contributed by atoms with Crippen molar-refractivity contribution in [2.24, 2.45) is 5.92 Å². The van der Waals surface area contributed by atoms with Crippen molar-refractivity contribution in [1.29, 1.82) is 0 Å². The van der Waals surface area contributed by atoms with E-state index in [0.29, 0.717) is 25.6 Å². The molecule has 0 aliphatic carbocycles. The lowest BCUT2D eigenvalue weighted by atomic mass is 9.96. The highest BCUT2D eigenvalue weighted by Gasteiger charge is 2.28. The second-order valence-electron chi connectivity index (χ2n) is 8.13. The number of sulfonamides is 1. The summed E-state index contributed by atoms with van der Waals surface area (Å²) in [7, 11) is -3.36. The van der Waals surface area contributed by atoms with Crippen molar-refractivity contribution in [3.8, 4) is 0 Å². The number of nitrogens with zero attached hydrogens (tertiary/aromatic N) is 4. The van der Waals surface area contributed by atoms with Crippen molar-refractivity contribution < 1.29 is 18.3 Å². The van der Waals surface area contributed by atoms with Gasteiger partial charge in [0.2, 0.25) is 16.0 Å². The number of Topliss-reactive ketones (excluding diaryl/α,β-unsaturated/α-hetero) is 1. The van der Waals surface area contributed by atoms with Gasteiger partial charge in [-0.25, -0.2) is 18.4 Å². The predicted molar refractivity (Wildman–Crippen MR) is 125 cm³/mol. The maximum absolute atomic E-state index is 12.5. The molecular weight excluding hydrogens is 428 g/mol. The van der Waals surface area contributed by atoms with Crippen molar-refractivity contribution >= 4 is 27.8 Å². The second-order valence-corrected chi connectivity index (χ2v) is 10.1. The van der Waals surface area contributed by atoms with Gasteiger partial charge >= 0.3 is 0 Å². The highest BCUT2D eigenvalue weighted by atomic mass is 32.2. The first-order chi connectivity index (χ1) is 15.3. The molecule has 0 bridgehead atoms.